The van der Waals surface area contributed by atoms with Gasteiger partial charge in [0.05, 0.1) is 0 Å². The minimum Gasteiger partial charge on any atom is -0.0838 e. The zero-order valence-corrected chi connectivity index (χ0v) is 8.96. The molecule has 0 spiro atoms. The Morgan fingerprint density at radius 1 is 1.00 bits per heavy atom. The second-order valence-corrected chi connectivity index (χ2v) is 4.24. The van der Waals surface area contributed by atoms with Gasteiger partial charge in [-0.1, -0.05) is 42.5 Å². The first kappa shape index (κ1) is 8.72. The predicted octanol–water partition coefficient (Wildman–Crippen LogP) is 3.80. The van der Waals surface area contributed by atoms with Crippen LogP contribution in [0.4, 0.5) is 0 Å². The summed E-state index contributed by atoms with van der Waals surface area (Å²) in [5.74, 6) is 0. The SMILES string of the molecule is Cc1c2c(cc3ccccc13)CC=CC2. The van der Waals surface area contributed by atoms with E-state index in [0.29, 0.717) is 0 Å². The van der Waals surface area contributed by atoms with Crippen molar-refractivity contribution in [3.63, 3.8) is 0 Å². The average molecular weight is 194 g/mol. The monoisotopic (exact) mass is 194 g/mol. The van der Waals surface area contributed by atoms with Gasteiger partial charge in [0.1, 0.15) is 0 Å². The maximum atomic E-state index is 2.35. The molecule has 2 aromatic carbocycles. The van der Waals surface area contributed by atoms with Crippen LogP contribution in [0.2, 0.25) is 0 Å². The highest BCUT2D eigenvalue weighted by molar-refractivity contribution is 5.87. The zero-order chi connectivity index (χ0) is 10.3. The smallest absolute Gasteiger partial charge is 0.00916 e. The van der Waals surface area contributed by atoms with Gasteiger partial charge in [-0.05, 0) is 47.2 Å². The van der Waals surface area contributed by atoms with Crippen LogP contribution in [0.15, 0.2) is 42.5 Å². The van der Waals surface area contributed by atoms with E-state index in [1.54, 1.807) is 0 Å². The van der Waals surface area contributed by atoms with Crippen molar-refractivity contribution in [3.05, 3.63) is 59.2 Å². The average Bonchev–Trinajstić information content (AvgIpc) is 2.30. The number of fused-ring (bicyclic) bond motifs is 2. The van der Waals surface area contributed by atoms with Gasteiger partial charge in [0.2, 0.25) is 0 Å². The lowest BCUT2D eigenvalue weighted by Gasteiger charge is -2.16. The number of benzene rings is 2. The quantitative estimate of drug-likeness (QED) is 0.559. The summed E-state index contributed by atoms with van der Waals surface area (Å²) in [5, 5.41) is 2.79. The highest BCUT2D eigenvalue weighted by Crippen LogP contribution is 2.28. The number of rotatable bonds is 0. The molecule has 0 amide bonds. The van der Waals surface area contributed by atoms with E-state index in [2.05, 4.69) is 49.4 Å². The van der Waals surface area contributed by atoms with Crippen LogP contribution in [0.5, 0.6) is 0 Å². The van der Waals surface area contributed by atoms with E-state index >= 15 is 0 Å². The molecule has 2 aromatic rings. The minimum absolute atomic E-state index is 1.10. The van der Waals surface area contributed by atoms with Gasteiger partial charge < -0.3 is 0 Å². The van der Waals surface area contributed by atoms with Crippen LogP contribution in [-0.2, 0) is 12.8 Å². The summed E-state index contributed by atoms with van der Waals surface area (Å²) in [6.45, 7) is 2.25. The molecule has 0 aliphatic heterocycles. The standard InChI is InChI=1S/C15H14/c1-11-14-8-4-2-6-12(14)10-13-7-3-5-9-15(11)13/h2-6,8,10H,7,9H2,1H3. The molecule has 0 N–H and O–H groups in total. The Bertz CT molecular complexity index is 547. The van der Waals surface area contributed by atoms with Crippen LogP contribution >= 0.6 is 0 Å². The summed E-state index contributed by atoms with van der Waals surface area (Å²) in [6.07, 6.45) is 6.76. The first-order valence-electron chi connectivity index (χ1n) is 5.51. The van der Waals surface area contributed by atoms with Crippen LogP contribution in [0.1, 0.15) is 16.7 Å². The van der Waals surface area contributed by atoms with Gasteiger partial charge >= 0.3 is 0 Å². The van der Waals surface area contributed by atoms with Gasteiger partial charge in [0.25, 0.3) is 0 Å². The van der Waals surface area contributed by atoms with Gasteiger partial charge in [0, 0.05) is 0 Å². The van der Waals surface area contributed by atoms with E-state index in [0.717, 1.165) is 12.8 Å². The molecule has 0 fully saturated rings. The van der Waals surface area contributed by atoms with Crippen molar-refractivity contribution in [2.75, 3.05) is 0 Å². The maximum absolute atomic E-state index is 2.35. The summed E-state index contributed by atoms with van der Waals surface area (Å²) in [4.78, 5) is 0. The van der Waals surface area contributed by atoms with Crippen LogP contribution in [0.3, 0.4) is 0 Å². The third kappa shape index (κ3) is 1.29. The molecule has 1 aliphatic carbocycles. The molecule has 0 bridgehead atoms. The molecule has 0 nitrogen and oxygen atoms in total. The first-order chi connectivity index (χ1) is 7.36. The minimum atomic E-state index is 1.10. The number of hydrogen-bond donors (Lipinski definition) is 0. The van der Waals surface area contributed by atoms with Crippen molar-refractivity contribution < 1.29 is 0 Å². The zero-order valence-electron chi connectivity index (χ0n) is 8.96. The normalized spacial score (nSPS) is 14.2. The van der Waals surface area contributed by atoms with Crippen molar-refractivity contribution in [1.29, 1.82) is 0 Å². The van der Waals surface area contributed by atoms with Crippen LogP contribution in [0.25, 0.3) is 10.8 Å². The Kier molecular flexibility index (Phi) is 1.88. The summed E-state index contributed by atoms with van der Waals surface area (Å²) < 4.78 is 0. The number of aryl methyl sites for hydroxylation is 1. The summed E-state index contributed by atoms with van der Waals surface area (Å²) >= 11 is 0. The molecule has 1 aliphatic rings. The molecular formula is C15H14. The molecule has 0 heterocycles. The topological polar surface area (TPSA) is 0 Å². The molecule has 0 aromatic heterocycles. The summed E-state index contributed by atoms with van der Waals surface area (Å²) in [5.41, 5.74) is 4.51. The highest BCUT2D eigenvalue weighted by atomic mass is 14.1. The molecule has 0 unspecified atom stereocenters. The third-order valence-electron chi connectivity index (χ3n) is 3.36. The van der Waals surface area contributed by atoms with Crippen molar-refractivity contribution >= 4 is 10.8 Å². The number of allylic oxidation sites excluding steroid dienone is 2. The molecule has 0 atom stereocenters. The van der Waals surface area contributed by atoms with Gasteiger partial charge in [0.15, 0.2) is 0 Å². The molecule has 0 saturated heterocycles. The molecular weight excluding hydrogens is 180 g/mol. The van der Waals surface area contributed by atoms with Gasteiger partial charge in [-0.2, -0.15) is 0 Å². The molecule has 0 saturated carbocycles. The van der Waals surface area contributed by atoms with E-state index in [4.69, 9.17) is 0 Å². The van der Waals surface area contributed by atoms with E-state index in [1.807, 2.05) is 0 Å². The van der Waals surface area contributed by atoms with Gasteiger partial charge in [-0.15, -0.1) is 0 Å². The van der Waals surface area contributed by atoms with E-state index < -0.39 is 0 Å². The lowest BCUT2D eigenvalue weighted by Crippen LogP contribution is -2.00. The van der Waals surface area contributed by atoms with Crippen LogP contribution in [0, 0.1) is 6.92 Å². The number of hydrogen-bond acceptors (Lipinski definition) is 0. The maximum Gasteiger partial charge on any atom is -0.00916 e. The van der Waals surface area contributed by atoms with Gasteiger partial charge in [-0.3, -0.25) is 0 Å². The second-order valence-electron chi connectivity index (χ2n) is 4.24. The van der Waals surface area contributed by atoms with Crippen LogP contribution in [-0.4, -0.2) is 0 Å². The van der Waals surface area contributed by atoms with E-state index in [9.17, 15) is 0 Å². The molecule has 0 heteroatoms. The summed E-state index contributed by atoms with van der Waals surface area (Å²) in [6, 6.07) is 11.0. The van der Waals surface area contributed by atoms with Crippen LogP contribution < -0.4 is 0 Å². The fraction of sp³-hybridized carbons (Fsp3) is 0.200. The Morgan fingerprint density at radius 3 is 2.73 bits per heavy atom. The van der Waals surface area contributed by atoms with E-state index in [1.165, 1.54) is 27.5 Å². The molecule has 3 rings (SSSR count). The van der Waals surface area contributed by atoms with Crippen molar-refractivity contribution in [1.82, 2.24) is 0 Å². The first-order valence-corrected chi connectivity index (χ1v) is 5.51. The van der Waals surface area contributed by atoms with Crippen molar-refractivity contribution in [2.45, 2.75) is 19.8 Å². The van der Waals surface area contributed by atoms with Gasteiger partial charge in [-0.25, -0.2) is 0 Å². The Labute approximate surface area is 90.2 Å². The van der Waals surface area contributed by atoms with Crippen molar-refractivity contribution in [2.24, 2.45) is 0 Å². The highest BCUT2D eigenvalue weighted by Gasteiger charge is 2.10. The Morgan fingerprint density at radius 2 is 1.80 bits per heavy atom. The molecule has 0 radical (unpaired) electrons. The summed E-state index contributed by atoms with van der Waals surface area (Å²) in [7, 11) is 0. The predicted molar refractivity (Wildman–Crippen MR) is 65.2 cm³/mol. The fourth-order valence-electron chi connectivity index (χ4n) is 2.52. The third-order valence-corrected chi connectivity index (χ3v) is 3.36. The Hall–Kier alpha value is -1.56. The second kappa shape index (κ2) is 3.23. The lowest BCUT2D eigenvalue weighted by atomic mass is 9.89. The Balaban J connectivity index is 2.38. The van der Waals surface area contributed by atoms with E-state index in [-0.39, 0.29) is 0 Å². The fourth-order valence-corrected chi connectivity index (χ4v) is 2.52. The molecule has 74 valence electrons. The lowest BCUT2D eigenvalue weighted by molar-refractivity contribution is 1.08. The van der Waals surface area contributed by atoms with Crippen molar-refractivity contribution in [3.8, 4) is 0 Å². The largest absolute Gasteiger partial charge is 0.0838 e. The molecule has 15 heavy (non-hydrogen) atoms.